The average molecular weight is 496 g/mol. The molecule has 33 heavy (non-hydrogen) atoms. The van der Waals surface area contributed by atoms with Crippen LogP contribution in [0.2, 0.25) is 0 Å². The first-order valence-corrected chi connectivity index (χ1v) is 13.9. The van der Waals surface area contributed by atoms with Crippen molar-refractivity contribution in [2.75, 3.05) is 48.7 Å². The van der Waals surface area contributed by atoms with E-state index in [9.17, 15) is 21.6 Å². The number of aryl methyl sites for hydroxylation is 1. The molecule has 11 heteroatoms. The number of ether oxygens (including phenoxy) is 1. The van der Waals surface area contributed by atoms with Gasteiger partial charge < -0.3 is 10.1 Å². The van der Waals surface area contributed by atoms with Crippen molar-refractivity contribution in [3.05, 3.63) is 54.1 Å². The van der Waals surface area contributed by atoms with Gasteiger partial charge in [-0.1, -0.05) is 17.7 Å². The lowest BCUT2D eigenvalue weighted by Crippen LogP contribution is -2.40. The van der Waals surface area contributed by atoms with E-state index in [0.717, 1.165) is 11.8 Å². The number of amides is 1. The number of carbonyl (C=O) groups is 1. The maximum atomic E-state index is 12.7. The monoisotopic (exact) mass is 495 g/mol. The van der Waals surface area contributed by atoms with Crippen molar-refractivity contribution in [2.45, 2.75) is 24.7 Å². The summed E-state index contributed by atoms with van der Waals surface area (Å²) in [4.78, 5) is 12.5. The van der Waals surface area contributed by atoms with E-state index in [4.69, 9.17) is 4.74 Å². The Kier molecular flexibility index (Phi) is 8.11. The normalized spacial score (nSPS) is 15.2. The van der Waals surface area contributed by atoms with Gasteiger partial charge >= 0.3 is 0 Å². The van der Waals surface area contributed by atoms with Crippen LogP contribution < -0.4 is 9.62 Å². The van der Waals surface area contributed by atoms with E-state index in [2.05, 4.69) is 5.32 Å². The van der Waals surface area contributed by atoms with Crippen LogP contribution in [0.25, 0.3) is 0 Å². The molecule has 1 heterocycles. The average Bonchev–Trinajstić information content (AvgIpc) is 2.78. The summed E-state index contributed by atoms with van der Waals surface area (Å²) >= 11 is 0. The number of morpholine rings is 1. The summed E-state index contributed by atoms with van der Waals surface area (Å²) in [6, 6.07) is 13.2. The lowest BCUT2D eigenvalue weighted by Gasteiger charge is -2.26. The van der Waals surface area contributed by atoms with Crippen LogP contribution in [-0.4, -0.2) is 66.2 Å². The minimum absolute atomic E-state index is 0.117. The summed E-state index contributed by atoms with van der Waals surface area (Å²) in [5, 5.41) is 2.72. The standard InChI is InChI=1S/C22H29N3O6S2/c1-18-5-9-20(10-6-18)25(32(2,27)28)13-3-4-22(26)23-19-7-11-21(12-8-19)33(29,30)24-14-16-31-17-15-24/h5-12H,3-4,13-17H2,1-2H3,(H,23,26). The summed E-state index contributed by atoms with van der Waals surface area (Å²) in [7, 11) is -7.08. The summed E-state index contributed by atoms with van der Waals surface area (Å²) in [6.07, 6.45) is 1.58. The van der Waals surface area contributed by atoms with Crippen LogP contribution in [0.1, 0.15) is 18.4 Å². The molecule has 0 atom stereocenters. The van der Waals surface area contributed by atoms with Crippen LogP contribution in [-0.2, 0) is 29.6 Å². The Labute approximate surface area is 195 Å². The maximum Gasteiger partial charge on any atom is 0.243 e. The van der Waals surface area contributed by atoms with Crippen LogP contribution in [0.15, 0.2) is 53.4 Å². The van der Waals surface area contributed by atoms with Gasteiger partial charge in [0.15, 0.2) is 0 Å². The Balaban J connectivity index is 1.55. The van der Waals surface area contributed by atoms with Gasteiger partial charge in [0.25, 0.3) is 0 Å². The molecule has 3 rings (SSSR count). The number of carbonyl (C=O) groups excluding carboxylic acids is 1. The first-order valence-electron chi connectivity index (χ1n) is 10.6. The summed E-state index contributed by atoms with van der Waals surface area (Å²) < 4.78 is 57.6. The van der Waals surface area contributed by atoms with Gasteiger partial charge in [-0.05, 0) is 49.7 Å². The third kappa shape index (κ3) is 6.76. The third-order valence-corrected chi connectivity index (χ3v) is 8.34. The molecule has 1 N–H and O–H groups in total. The highest BCUT2D eigenvalue weighted by Crippen LogP contribution is 2.21. The molecule has 1 fully saturated rings. The van der Waals surface area contributed by atoms with Gasteiger partial charge in [0, 0.05) is 31.7 Å². The largest absolute Gasteiger partial charge is 0.379 e. The molecule has 0 radical (unpaired) electrons. The lowest BCUT2D eigenvalue weighted by molar-refractivity contribution is -0.116. The Morgan fingerprint density at radius 1 is 1.00 bits per heavy atom. The predicted molar refractivity (Wildman–Crippen MR) is 127 cm³/mol. The SMILES string of the molecule is Cc1ccc(N(CCCC(=O)Nc2ccc(S(=O)(=O)N3CCOCC3)cc2)S(C)(=O)=O)cc1. The highest BCUT2D eigenvalue weighted by atomic mass is 32.2. The Bertz CT molecular complexity index is 1160. The number of benzene rings is 2. The van der Waals surface area contributed by atoms with Crippen LogP contribution in [0.5, 0.6) is 0 Å². The molecular weight excluding hydrogens is 466 g/mol. The Morgan fingerprint density at radius 3 is 2.18 bits per heavy atom. The molecule has 0 aromatic heterocycles. The topological polar surface area (TPSA) is 113 Å². The lowest BCUT2D eigenvalue weighted by atomic mass is 10.2. The van der Waals surface area contributed by atoms with Gasteiger partial charge in [-0.25, -0.2) is 16.8 Å². The number of anilines is 2. The van der Waals surface area contributed by atoms with Crippen molar-refractivity contribution in [2.24, 2.45) is 0 Å². The Morgan fingerprint density at radius 2 is 1.61 bits per heavy atom. The molecule has 2 aromatic rings. The van der Waals surface area contributed by atoms with E-state index in [1.807, 2.05) is 19.1 Å². The number of rotatable bonds is 9. The summed E-state index contributed by atoms with van der Waals surface area (Å²) in [5.41, 5.74) is 2.05. The van der Waals surface area contributed by atoms with Crippen LogP contribution in [0, 0.1) is 6.92 Å². The van der Waals surface area contributed by atoms with E-state index in [-0.39, 0.29) is 23.8 Å². The molecule has 0 aliphatic carbocycles. The van der Waals surface area contributed by atoms with E-state index in [1.54, 1.807) is 24.3 Å². The van der Waals surface area contributed by atoms with Crippen molar-refractivity contribution >= 4 is 37.3 Å². The highest BCUT2D eigenvalue weighted by Gasteiger charge is 2.26. The number of hydrogen-bond donors (Lipinski definition) is 1. The minimum atomic E-state index is -3.60. The second-order valence-electron chi connectivity index (χ2n) is 7.86. The van der Waals surface area contributed by atoms with Gasteiger partial charge in [-0.3, -0.25) is 9.10 Å². The van der Waals surface area contributed by atoms with Gasteiger partial charge in [0.05, 0.1) is 30.1 Å². The molecule has 1 aliphatic heterocycles. The van der Waals surface area contributed by atoms with E-state index in [0.29, 0.717) is 44.1 Å². The van der Waals surface area contributed by atoms with Gasteiger partial charge in [-0.15, -0.1) is 0 Å². The quantitative estimate of drug-likeness (QED) is 0.571. The van der Waals surface area contributed by atoms with Crippen molar-refractivity contribution in [1.29, 1.82) is 0 Å². The van der Waals surface area contributed by atoms with E-state index in [1.165, 1.54) is 20.7 Å². The molecule has 9 nitrogen and oxygen atoms in total. The van der Waals surface area contributed by atoms with Gasteiger partial charge in [0.2, 0.25) is 26.0 Å². The second kappa shape index (κ2) is 10.6. The summed E-state index contributed by atoms with van der Waals surface area (Å²) in [6.45, 7) is 3.46. The first kappa shape index (κ1) is 25.2. The molecule has 180 valence electrons. The zero-order chi connectivity index (χ0) is 24.1. The molecule has 2 aromatic carbocycles. The smallest absolute Gasteiger partial charge is 0.243 e. The van der Waals surface area contributed by atoms with Crippen LogP contribution in [0.4, 0.5) is 11.4 Å². The predicted octanol–water partition coefficient (Wildman–Crippen LogP) is 2.20. The van der Waals surface area contributed by atoms with Crippen molar-refractivity contribution < 1.29 is 26.4 Å². The summed E-state index contributed by atoms with van der Waals surface area (Å²) in [5.74, 6) is -0.281. The molecule has 0 spiro atoms. The maximum absolute atomic E-state index is 12.7. The number of nitrogens with zero attached hydrogens (tertiary/aromatic N) is 2. The van der Waals surface area contributed by atoms with Crippen molar-refractivity contribution in [3.8, 4) is 0 Å². The van der Waals surface area contributed by atoms with Gasteiger partial charge in [-0.2, -0.15) is 4.31 Å². The number of hydrogen-bond acceptors (Lipinski definition) is 6. The number of sulfonamides is 2. The Hall–Kier alpha value is -2.47. The van der Waals surface area contributed by atoms with Crippen molar-refractivity contribution in [1.82, 2.24) is 4.31 Å². The van der Waals surface area contributed by atoms with E-state index >= 15 is 0 Å². The van der Waals surface area contributed by atoms with Crippen LogP contribution >= 0.6 is 0 Å². The van der Waals surface area contributed by atoms with E-state index < -0.39 is 20.0 Å². The molecule has 1 saturated heterocycles. The first-order chi connectivity index (χ1) is 15.6. The van der Waals surface area contributed by atoms with Crippen molar-refractivity contribution in [3.63, 3.8) is 0 Å². The fraction of sp³-hybridized carbons (Fsp3) is 0.409. The molecule has 0 saturated carbocycles. The molecule has 0 bridgehead atoms. The fourth-order valence-electron chi connectivity index (χ4n) is 3.45. The number of nitrogens with one attached hydrogen (secondary N) is 1. The zero-order valence-electron chi connectivity index (χ0n) is 18.7. The highest BCUT2D eigenvalue weighted by molar-refractivity contribution is 7.92. The second-order valence-corrected chi connectivity index (χ2v) is 11.7. The minimum Gasteiger partial charge on any atom is -0.379 e. The molecule has 1 amide bonds. The zero-order valence-corrected chi connectivity index (χ0v) is 20.4. The third-order valence-electron chi connectivity index (χ3n) is 5.23. The van der Waals surface area contributed by atoms with Crippen LogP contribution in [0.3, 0.4) is 0 Å². The van der Waals surface area contributed by atoms with Gasteiger partial charge in [0.1, 0.15) is 0 Å². The molecular formula is C22H29N3O6S2. The molecule has 0 unspecified atom stereocenters. The fourth-order valence-corrected chi connectivity index (χ4v) is 5.82. The molecule has 1 aliphatic rings.